The van der Waals surface area contributed by atoms with Crippen LogP contribution in [0, 0.1) is 0 Å². The molecule has 100 valence electrons. The monoisotopic (exact) mass is 260 g/mol. The molecule has 0 saturated carbocycles. The molecule has 0 amide bonds. The topological polar surface area (TPSA) is 87.6 Å². The van der Waals surface area contributed by atoms with E-state index >= 15 is 0 Å². The molecular weight excluding hydrogens is 244 g/mol. The molecule has 0 saturated heterocycles. The first kappa shape index (κ1) is 14.4. The Morgan fingerprint density at radius 2 is 1.74 bits per heavy atom. The van der Waals surface area contributed by atoms with Gasteiger partial charge < -0.3 is 20.9 Å². The fourth-order valence-electron chi connectivity index (χ4n) is 1.27. The van der Waals surface area contributed by atoms with Crippen molar-refractivity contribution in [1.82, 2.24) is 0 Å². The number of hydrogen-bond donors (Lipinski definition) is 2. The largest absolute Gasteiger partial charge is 0.494 e. The van der Waals surface area contributed by atoms with Crippen molar-refractivity contribution < 1.29 is 14.3 Å². The number of anilines is 2. The van der Waals surface area contributed by atoms with E-state index in [0.717, 1.165) is 5.69 Å². The van der Waals surface area contributed by atoms with E-state index in [4.69, 9.17) is 16.2 Å². The smallest absolute Gasteiger partial charge is 0.298 e. The molecule has 0 spiro atoms. The predicted octanol–water partition coefficient (Wildman–Crippen LogP) is 2.08. The second-order valence-corrected chi connectivity index (χ2v) is 3.53. The van der Waals surface area contributed by atoms with Crippen molar-refractivity contribution in [1.29, 1.82) is 0 Å². The first-order valence-corrected chi connectivity index (χ1v) is 5.51. The van der Waals surface area contributed by atoms with Gasteiger partial charge >= 0.3 is 0 Å². The van der Waals surface area contributed by atoms with Gasteiger partial charge in [-0.05, 0) is 24.3 Å². The normalized spacial score (nSPS) is 8.89. The van der Waals surface area contributed by atoms with Gasteiger partial charge in [0, 0.05) is 11.8 Å². The van der Waals surface area contributed by atoms with Gasteiger partial charge in [-0.3, -0.25) is 4.79 Å². The second kappa shape index (κ2) is 7.60. The first-order chi connectivity index (χ1) is 9.17. The number of para-hydroxylation sites is 1. The Morgan fingerprint density at radius 3 is 2.21 bits per heavy atom. The highest BCUT2D eigenvalue weighted by Crippen LogP contribution is 2.25. The Morgan fingerprint density at radius 1 is 1.05 bits per heavy atom. The molecule has 0 heterocycles. The van der Waals surface area contributed by atoms with Crippen molar-refractivity contribution >= 4 is 17.8 Å². The molecule has 0 aliphatic carbocycles. The molecule has 0 bridgehead atoms. The lowest BCUT2D eigenvalue weighted by atomic mass is 10.3. The van der Waals surface area contributed by atoms with Gasteiger partial charge in [0.2, 0.25) is 0 Å². The van der Waals surface area contributed by atoms with Crippen LogP contribution in [0.5, 0.6) is 11.5 Å². The first-order valence-electron chi connectivity index (χ1n) is 5.51. The molecule has 2 aromatic rings. The molecule has 0 aliphatic rings. The predicted molar refractivity (Wildman–Crippen MR) is 75.0 cm³/mol. The minimum atomic E-state index is 0.352. The highest BCUT2D eigenvalue weighted by atomic mass is 16.5. The highest BCUT2D eigenvalue weighted by Gasteiger charge is 2.00. The lowest BCUT2D eigenvalue weighted by molar-refractivity contribution is -0.120. The van der Waals surface area contributed by atoms with Gasteiger partial charge in [-0.15, -0.1) is 0 Å². The Hall–Kier alpha value is -2.69. The Kier molecular flexibility index (Phi) is 5.75. The van der Waals surface area contributed by atoms with Crippen LogP contribution >= 0.6 is 0 Å². The zero-order valence-corrected chi connectivity index (χ0v) is 10.6. The van der Waals surface area contributed by atoms with Crippen molar-refractivity contribution in [3.8, 4) is 11.5 Å². The summed E-state index contributed by atoms with van der Waals surface area (Å²) in [5.41, 5.74) is 12.2. The zero-order chi connectivity index (χ0) is 14.1. The van der Waals surface area contributed by atoms with Gasteiger partial charge in [-0.1, -0.05) is 18.2 Å². The number of rotatable bonds is 3. The van der Waals surface area contributed by atoms with E-state index in [0.29, 0.717) is 23.7 Å². The third kappa shape index (κ3) is 4.99. The maximum absolute atomic E-state index is 9.96. The highest BCUT2D eigenvalue weighted by molar-refractivity contribution is 5.57. The van der Waals surface area contributed by atoms with Crippen molar-refractivity contribution in [2.24, 2.45) is 0 Å². The molecule has 19 heavy (non-hydrogen) atoms. The molecule has 5 heteroatoms. The van der Waals surface area contributed by atoms with Crippen molar-refractivity contribution in [3.05, 3.63) is 48.5 Å². The van der Waals surface area contributed by atoms with Gasteiger partial charge in [-0.2, -0.15) is 0 Å². The Labute approximate surface area is 111 Å². The molecule has 2 aromatic carbocycles. The van der Waals surface area contributed by atoms with E-state index in [9.17, 15) is 4.79 Å². The number of hydrogen-bond acceptors (Lipinski definition) is 5. The number of nitrogen functional groups attached to an aromatic ring is 2. The third-order valence-electron chi connectivity index (χ3n) is 2.19. The number of benzene rings is 2. The Bertz CT molecular complexity index is 515. The number of carbonyl (C=O) groups is 1. The van der Waals surface area contributed by atoms with E-state index in [-0.39, 0.29) is 0 Å². The lowest BCUT2D eigenvalue weighted by Gasteiger charge is -2.04. The third-order valence-corrected chi connectivity index (χ3v) is 2.19. The average Bonchev–Trinajstić information content (AvgIpc) is 2.43. The summed E-state index contributed by atoms with van der Waals surface area (Å²) in [6.07, 6.45) is 0. The summed E-state index contributed by atoms with van der Waals surface area (Å²) < 4.78 is 9.50. The SMILES string of the molecule is COc1cc(OC=O)ccc1N.Nc1ccccc1. The fourth-order valence-corrected chi connectivity index (χ4v) is 1.27. The molecule has 0 atom stereocenters. The molecule has 4 N–H and O–H groups in total. The Balaban J connectivity index is 0.000000218. The molecule has 0 unspecified atom stereocenters. The molecule has 2 rings (SSSR count). The van der Waals surface area contributed by atoms with E-state index in [1.807, 2.05) is 30.3 Å². The molecule has 0 fully saturated rings. The van der Waals surface area contributed by atoms with Crippen molar-refractivity contribution in [2.45, 2.75) is 0 Å². The summed E-state index contributed by atoms with van der Waals surface area (Å²) in [5, 5.41) is 0. The lowest BCUT2D eigenvalue weighted by Crippen LogP contribution is -1.94. The van der Waals surface area contributed by atoms with Crippen LogP contribution in [0.1, 0.15) is 0 Å². The number of methoxy groups -OCH3 is 1. The number of carbonyl (C=O) groups excluding carboxylic acids is 1. The minimum Gasteiger partial charge on any atom is -0.494 e. The summed E-state index contributed by atoms with van der Waals surface area (Å²) in [6, 6.07) is 14.2. The number of ether oxygens (including phenoxy) is 2. The summed E-state index contributed by atoms with van der Waals surface area (Å²) >= 11 is 0. The van der Waals surface area contributed by atoms with Crippen LogP contribution in [0.3, 0.4) is 0 Å². The molecular formula is C14H16N2O3. The second-order valence-electron chi connectivity index (χ2n) is 3.53. The molecule has 0 radical (unpaired) electrons. The van der Waals surface area contributed by atoms with Gasteiger partial charge in [0.1, 0.15) is 11.5 Å². The fraction of sp³-hybridized carbons (Fsp3) is 0.0714. The van der Waals surface area contributed by atoms with Crippen LogP contribution in [0.15, 0.2) is 48.5 Å². The summed E-state index contributed by atoms with van der Waals surface area (Å²) in [6.45, 7) is 0.352. The quantitative estimate of drug-likeness (QED) is 0.651. The van der Waals surface area contributed by atoms with E-state index in [1.165, 1.54) is 7.11 Å². The minimum absolute atomic E-state index is 0.352. The summed E-state index contributed by atoms with van der Waals surface area (Å²) in [5.74, 6) is 0.908. The van der Waals surface area contributed by atoms with Crippen molar-refractivity contribution in [3.63, 3.8) is 0 Å². The van der Waals surface area contributed by atoms with Gasteiger partial charge in [0.25, 0.3) is 6.47 Å². The average molecular weight is 260 g/mol. The van der Waals surface area contributed by atoms with Gasteiger partial charge in [-0.25, -0.2) is 0 Å². The standard InChI is InChI=1S/C8H9NO3.C6H7N/c1-11-8-4-6(12-5-10)2-3-7(8)9;7-6-4-2-1-3-5-6/h2-5H,9H2,1H3;1-5H,7H2. The van der Waals surface area contributed by atoms with E-state index in [1.54, 1.807) is 18.2 Å². The summed E-state index contributed by atoms with van der Waals surface area (Å²) in [7, 11) is 1.50. The number of nitrogens with two attached hydrogens (primary N) is 2. The maximum atomic E-state index is 9.96. The summed E-state index contributed by atoms with van der Waals surface area (Å²) in [4.78, 5) is 9.96. The van der Waals surface area contributed by atoms with E-state index < -0.39 is 0 Å². The van der Waals surface area contributed by atoms with Crippen LogP contribution in [-0.4, -0.2) is 13.6 Å². The van der Waals surface area contributed by atoms with Gasteiger partial charge in [0.05, 0.1) is 12.8 Å². The molecule has 0 aromatic heterocycles. The van der Waals surface area contributed by atoms with Crippen LogP contribution in [-0.2, 0) is 4.79 Å². The van der Waals surface area contributed by atoms with Crippen LogP contribution < -0.4 is 20.9 Å². The van der Waals surface area contributed by atoms with Gasteiger partial charge in [0.15, 0.2) is 0 Å². The maximum Gasteiger partial charge on any atom is 0.298 e. The van der Waals surface area contributed by atoms with Crippen LogP contribution in [0.2, 0.25) is 0 Å². The van der Waals surface area contributed by atoms with E-state index in [2.05, 4.69) is 4.74 Å². The zero-order valence-electron chi connectivity index (χ0n) is 10.6. The van der Waals surface area contributed by atoms with Crippen LogP contribution in [0.25, 0.3) is 0 Å². The molecule has 5 nitrogen and oxygen atoms in total. The van der Waals surface area contributed by atoms with Crippen LogP contribution in [0.4, 0.5) is 11.4 Å². The molecule has 0 aliphatic heterocycles. The van der Waals surface area contributed by atoms with Crippen molar-refractivity contribution in [2.75, 3.05) is 18.6 Å².